The van der Waals surface area contributed by atoms with Crippen LogP contribution in [0.1, 0.15) is 29.0 Å². The molecule has 1 amide bonds. The van der Waals surface area contributed by atoms with Gasteiger partial charge < -0.3 is 14.4 Å². The highest BCUT2D eigenvalue weighted by Gasteiger charge is 2.38. The Balaban J connectivity index is 1.43. The average molecular weight is 351 g/mol. The van der Waals surface area contributed by atoms with E-state index in [0.717, 1.165) is 5.69 Å². The van der Waals surface area contributed by atoms with Crippen LogP contribution in [-0.4, -0.2) is 54.8 Å². The molecule has 1 N–H and O–H groups in total. The van der Waals surface area contributed by atoms with Crippen molar-refractivity contribution in [2.45, 2.75) is 25.5 Å². The van der Waals surface area contributed by atoms with Gasteiger partial charge in [-0.25, -0.2) is 4.98 Å². The third-order valence-electron chi connectivity index (χ3n) is 4.44. The van der Waals surface area contributed by atoms with Gasteiger partial charge in [0.1, 0.15) is 12.0 Å². The number of oxazole rings is 1. The van der Waals surface area contributed by atoms with E-state index in [1.807, 2.05) is 30.3 Å². The van der Waals surface area contributed by atoms with Crippen molar-refractivity contribution in [3.63, 3.8) is 0 Å². The third-order valence-corrected chi connectivity index (χ3v) is 4.44. The second-order valence-electron chi connectivity index (χ2n) is 6.19. The summed E-state index contributed by atoms with van der Waals surface area (Å²) in [6.07, 6.45) is 2.90. The highest BCUT2D eigenvalue weighted by Crippen LogP contribution is 2.21. The molecule has 3 aromatic rings. The maximum Gasteiger partial charge on any atom is 0.276 e. The summed E-state index contributed by atoms with van der Waals surface area (Å²) in [6, 6.07) is 9.06. The number of hydrogen-bond donors (Lipinski definition) is 1. The van der Waals surface area contributed by atoms with Gasteiger partial charge in [-0.3, -0.25) is 9.78 Å². The van der Waals surface area contributed by atoms with Crippen molar-refractivity contribution in [1.29, 1.82) is 0 Å². The Morgan fingerprint density at radius 1 is 1.27 bits per heavy atom. The van der Waals surface area contributed by atoms with E-state index < -0.39 is 6.10 Å². The molecule has 8 heteroatoms. The van der Waals surface area contributed by atoms with E-state index in [1.54, 1.807) is 18.0 Å². The normalized spacial score (nSPS) is 19.2. The van der Waals surface area contributed by atoms with E-state index in [2.05, 4.69) is 20.2 Å². The third kappa shape index (κ3) is 3.06. The number of aromatic nitrogens is 4. The molecule has 2 atom stereocenters. The average Bonchev–Trinajstić information content (AvgIpc) is 3.15. The van der Waals surface area contributed by atoms with Gasteiger partial charge in [0.25, 0.3) is 5.91 Å². The molecule has 0 aromatic carbocycles. The molecule has 1 aliphatic heterocycles. The minimum absolute atomic E-state index is 0.201. The monoisotopic (exact) mass is 351 g/mol. The topological polar surface area (TPSA) is 105 Å². The first-order valence-electron chi connectivity index (χ1n) is 8.29. The Morgan fingerprint density at radius 2 is 2.15 bits per heavy atom. The zero-order valence-electron chi connectivity index (χ0n) is 14.1. The Hall–Kier alpha value is -3.13. The highest BCUT2D eigenvalue weighted by molar-refractivity contribution is 5.92. The molecular weight excluding hydrogens is 334 g/mol. The Bertz CT molecular complexity index is 910. The molecule has 0 bridgehead atoms. The van der Waals surface area contributed by atoms with Crippen molar-refractivity contribution in [2.24, 2.45) is 0 Å². The van der Waals surface area contributed by atoms with Crippen LogP contribution in [0.3, 0.4) is 0 Å². The molecular formula is C18H17N5O3. The van der Waals surface area contributed by atoms with Gasteiger partial charge >= 0.3 is 0 Å². The van der Waals surface area contributed by atoms with E-state index in [4.69, 9.17) is 4.42 Å². The lowest BCUT2D eigenvalue weighted by molar-refractivity contribution is -0.0360. The molecule has 8 nitrogen and oxygen atoms in total. The van der Waals surface area contributed by atoms with Crippen molar-refractivity contribution < 1.29 is 14.3 Å². The zero-order valence-corrected chi connectivity index (χ0v) is 14.1. The summed E-state index contributed by atoms with van der Waals surface area (Å²) in [7, 11) is 0. The van der Waals surface area contributed by atoms with Crippen LogP contribution in [0.15, 0.2) is 47.2 Å². The molecule has 1 saturated heterocycles. The second kappa shape index (κ2) is 6.64. The lowest BCUT2D eigenvalue weighted by Gasteiger charge is -2.42. The first-order chi connectivity index (χ1) is 12.6. The van der Waals surface area contributed by atoms with Crippen LogP contribution in [0.2, 0.25) is 0 Å². The molecule has 1 aliphatic rings. The molecule has 4 rings (SSSR count). The van der Waals surface area contributed by atoms with E-state index in [9.17, 15) is 9.90 Å². The van der Waals surface area contributed by atoms with Crippen LogP contribution in [0.4, 0.5) is 0 Å². The number of carbonyl (C=O) groups excluding carboxylic acids is 1. The van der Waals surface area contributed by atoms with E-state index in [0.29, 0.717) is 30.2 Å². The van der Waals surface area contributed by atoms with Crippen LogP contribution < -0.4 is 0 Å². The maximum atomic E-state index is 12.3. The molecule has 0 aliphatic carbocycles. The Kier molecular flexibility index (Phi) is 4.18. The van der Waals surface area contributed by atoms with Gasteiger partial charge in [0.2, 0.25) is 5.89 Å². The lowest BCUT2D eigenvalue weighted by atomic mass is 10.0. The summed E-state index contributed by atoms with van der Waals surface area (Å²) >= 11 is 0. The van der Waals surface area contributed by atoms with Gasteiger partial charge in [-0.15, -0.1) is 5.10 Å². The van der Waals surface area contributed by atoms with Crippen LogP contribution >= 0.6 is 0 Å². The molecule has 0 unspecified atom stereocenters. The van der Waals surface area contributed by atoms with E-state index >= 15 is 0 Å². The Morgan fingerprint density at radius 3 is 2.81 bits per heavy atom. The minimum atomic E-state index is -0.474. The van der Waals surface area contributed by atoms with E-state index in [-0.39, 0.29) is 17.6 Å². The highest BCUT2D eigenvalue weighted by atomic mass is 16.3. The predicted octanol–water partition coefficient (Wildman–Crippen LogP) is 1.32. The number of rotatable bonds is 4. The number of carbonyl (C=O) groups is 1. The summed E-state index contributed by atoms with van der Waals surface area (Å²) in [5.41, 5.74) is 2.35. The van der Waals surface area contributed by atoms with Crippen LogP contribution in [0, 0.1) is 0 Å². The van der Waals surface area contributed by atoms with Crippen LogP contribution in [0.25, 0.3) is 11.4 Å². The first-order valence-corrected chi connectivity index (χ1v) is 8.29. The zero-order chi connectivity index (χ0) is 18.1. The number of pyridine rings is 1. The molecule has 0 spiro atoms. The van der Waals surface area contributed by atoms with Gasteiger partial charge in [-0.1, -0.05) is 6.07 Å². The molecule has 132 valence electrons. The molecule has 0 saturated carbocycles. The van der Waals surface area contributed by atoms with Crippen molar-refractivity contribution in [1.82, 2.24) is 25.1 Å². The minimum Gasteiger partial charge on any atom is -0.448 e. The van der Waals surface area contributed by atoms with Crippen LogP contribution in [-0.2, 0) is 6.42 Å². The maximum absolute atomic E-state index is 12.3. The van der Waals surface area contributed by atoms with Gasteiger partial charge in [0.15, 0.2) is 5.69 Å². The first kappa shape index (κ1) is 16.3. The van der Waals surface area contributed by atoms with Crippen molar-refractivity contribution in [3.8, 4) is 11.4 Å². The quantitative estimate of drug-likeness (QED) is 0.756. The number of nitrogens with zero attached hydrogens (tertiary/aromatic N) is 5. The Labute approximate surface area is 149 Å². The number of hydrogen-bond acceptors (Lipinski definition) is 7. The van der Waals surface area contributed by atoms with Crippen molar-refractivity contribution >= 4 is 5.91 Å². The lowest BCUT2D eigenvalue weighted by Crippen LogP contribution is -2.60. The summed E-state index contributed by atoms with van der Waals surface area (Å²) in [4.78, 5) is 22.3. The number of amides is 1. The summed E-state index contributed by atoms with van der Waals surface area (Å²) in [6.45, 7) is 2.12. The fraction of sp³-hybridized carbons (Fsp3) is 0.278. The fourth-order valence-corrected chi connectivity index (χ4v) is 2.76. The van der Waals surface area contributed by atoms with Crippen molar-refractivity contribution in [2.75, 3.05) is 6.54 Å². The molecule has 0 radical (unpaired) electrons. The number of aliphatic hydroxyl groups is 1. The number of β-amino-alcohol motifs (C(OH)–C–C–N with tert-alkyl or cyclic N) is 1. The van der Waals surface area contributed by atoms with Gasteiger partial charge in [0, 0.05) is 12.7 Å². The molecule has 3 aromatic heterocycles. The van der Waals surface area contributed by atoms with Crippen LogP contribution in [0.5, 0.6) is 0 Å². The smallest absolute Gasteiger partial charge is 0.276 e. The second-order valence-corrected chi connectivity index (χ2v) is 6.19. The fourth-order valence-electron chi connectivity index (χ4n) is 2.76. The molecule has 1 fully saturated rings. The van der Waals surface area contributed by atoms with Gasteiger partial charge in [-0.2, -0.15) is 5.10 Å². The largest absolute Gasteiger partial charge is 0.448 e. The van der Waals surface area contributed by atoms with Gasteiger partial charge in [-0.05, 0) is 31.2 Å². The van der Waals surface area contributed by atoms with E-state index in [1.165, 1.54) is 6.26 Å². The molecule has 4 heterocycles. The predicted molar refractivity (Wildman–Crippen MR) is 91.1 cm³/mol. The van der Waals surface area contributed by atoms with Crippen molar-refractivity contribution in [3.05, 3.63) is 60.1 Å². The summed E-state index contributed by atoms with van der Waals surface area (Å²) in [5, 5.41) is 17.9. The standard InChI is InChI=1S/C18H17N5O3/c1-11-16(24)9-23(11)18(25)15-10-26-17(20-15)8-12-5-6-14(22-21-12)13-4-2-3-7-19-13/h2-7,10-11,16,24H,8-9H2,1H3/t11-,16-/m0/s1. The molecule has 26 heavy (non-hydrogen) atoms. The SMILES string of the molecule is C[C@H]1[C@@H](O)CN1C(=O)c1coc(Cc2ccc(-c3ccccn3)nn2)n1. The summed E-state index contributed by atoms with van der Waals surface area (Å²) < 4.78 is 5.38. The van der Waals surface area contributed by atoms with Gasteiger partial charge in [0.05, 0.1) is 30.0 Å². The summed E-state index contributed by atoms with van der Waals surface area (Å²) in [5.74, 6) is 0.149. The number of likely N-dealkylation sites (tertiary alicyclic amines) is 1. The number of aliphatic hydroxyl groups excluding tert-OH is 1.